The third kappa shape index (κ3) is 4.41. The summed E-state index contributed by atoms with van der Waals surface area (Å²) in [6.45, 7) is 4.43. The highest BCUT2D eigenvalue weighted by Crippen LogP contribution is 2.18. The topological polar surface area (TPSA) is 82.4 Å². The number of sulfonamides is 1. The van der Waals surface area contributed by atoms with Gasteiger partial charge in [0.05, 0.1) is 23.6 Å². The van der Waals surface area contributed by atoms with E-state index in [-0.39, 0.29) is 30.1 Å². The molecule has 1 aliphatic rings. The van der Waals surface area contributed by atoms with Crippen molar-refractivity contribution in [3.8, 4) is 6.07 Å². The zero-order valence-corrected chi connectivity index (χ0v) is 13.9. The Morgan fingerprint density at radius 1 is 1.39 bits per heavy atom. The highest BCUT2D eigenvalue weighted by molar-refractivity contribution is 7.89. The van der Waals surface area contributed by atoms with Gasteiger partial charge in [0.1, 0.15) is 17.4 Å². The van der Waals surface area contributed by atoms with E-state index in [0.717, 1.165) is 0 Å². The molecule has 23 heavy (non-hydrogen) atoms. The van der Waals surface area contributed by atoms with Crippen molar-refractivity contribution in [3.05, 3.63) is 29.6 Å². The van der Waals surface area contributed by atoms with Crippen LogP contribution in [0.25, 0.3) is 0 Å². The third-order valence-electron chi connectivity index (χ3n) is 3.58. The predicted molar refractivity (Wildman–Crippen MR) is 85.0 cm³/mol. The highest BCUT2D eigenvalue weighted by Gasteiger charge is 2.30. The number of morpholine rings is 1. The summed E-state index contributed by atoms with van der Waals surface area (Å²) < 4.78 is 45.2. The first-order chi connectivity index (χ1) is 10.8. The fraction of sp³-hybridized carbons (Fsp3) is 0.533. The molecule has 1 saturated heterocycles. The second kappa shape index (κ2) is 7.25. The summed E-state index contributed by atoms with van der Waals surface area (Å²) >= 11 is 0. The van der Waals surface area contributed by atoms with E-state index >= 15 is 0 Å². The van der Waals surface area contributed by atoms with Crippen LogP contribution in [0.1, 0.15) is 19.4 Å². The second-order valence-corrected chi connectivity index (χ2v) is 7.68. The number of benzene rings is 1. The molecule has 0 spiro atoms. The first-order valence-corrected chi connectivity index (χ1v) is 9.00. The van der Waals surface area contributed by atoms with Gasteiger partial charge < -0.3 is 10.1 Å². The maximum Gasteiger partial charge on any atom is 0.216 e. The quantitative estimate of drug-likeness (QED) is 0.879. The van der Waals surface area contributed by atoms with Gasteiger partial charge in [-0.05, 0) is 26.0 Å². The molecule has 1 aromatic rings. The summed E-state index contributed by atoms with van der Waals surface area (Å²) in [6.07, 6.45) is -0.287. The Hall–Kier alpha value is -1.69. The van der Waals surface area contributed by atoms with Crippen molar-refractivity contribution >= 4 is 15.7 Å². The summed E-state index contributed by atoms with van der Waals surface area (Å²) in [4.78, 5) is 0. The van der Waals surface area contributed by atoms with Gasteiger partial charge in [-0.25, -0.2) is 12.8 Å². The molecule has 1 heterocycles. The van der Waals surface area contributed by atoms with Gasteiger partial charge in [-0.3, -0.25) is 0 Å². The smallest absolute Gasteiger partial charge is 0.216 e. The van der Waals surface area contributed by atoms with Crippen LogP contribution in [0, 0.1) is 17.1 Å². The maximum absolute atomic E-state index is 13.5. The minimum atomic E-state index is -3.43. The van der Waals surface area contributed by atoms with E-state index in [0.29, 0.717) is 18.8 Å². The monoisotopic (exact) mass is 341 g/mol. The van der Waals surface area contributed by atoms with E-state index in [1.165, 1.54) is 16.4 Å². The molecule has 0 radical (unpaired) electrons. The van der Waals surface area contributed by atoms with Crippen molar-refractivity contribution in [1.82, 2.24) is 4.31 Å². The van der Waals surface area contributed by atoms with Gasteiger partial charge in [-0.15, -0.1) is 0 Å². The Morgan fingerprint density at radius 3 is 2.65 bits per heavy atom. The molecule has 8 heteroatoms. The number of nitrogens with zero attached hydrogens (tertiary/aromatic N) is 2. The fourth-order valence-electron chi connectivity index (χ4n) is 2.59. The molecule has 0 saturated carbocycles. The van der Waals surface area contributed by atoms with Gasteiger partial charge >= 0.3 is 0 Å². The zero-order valence-electron chi connectivity index (χ0n) is 13.1. The van der Waals surface area contributed by atoms with Gasteiger partial charge in [0, 0.05) is 19.6 Å². The van der Waals surface area contributed by atoms with Gasteiger partial charge in [0.25, 0.3) is 0 Å². The Kier molecular flexibility index (Phi) is 5.57. The van der Waals surface area contributed by atoms with Crippen LogP contribution in [0.15, 0.2) is 18.2 Å². The van der Waals surface area contributed by atoms with E-state index in [4.69, 9.17) is 10.00 Å². The number of halogens is 1. The maximum atomic E-state index is 13.5. The molecule has 0 aromatic heterocycles. The summed E-state index contributed by atoms with van der Waals surface area (Å²) in [5.41, 5.74) is 0.185. The zero-order chi connectivity index (χ0) is 17.0. The Labute approximate surface area is 135 Å². The molecule has 6 nitrogen and oxygen atoms in total. The van der Waals surface area contributed by atoms with Crippen LogP contribution in [0.2, 0.25) is 0 Å². The number of rotatable bonds is 5. The Bertz CT molecular complexity index is 692. The average molecular weight is 341 g/mol. The highest BCUT2D eigenvalue weighted by atomic mass is 32.2. The van der Waals surface area contributed by atoms with Crippen LogP contribution in [0.3, 0.4) is 0 Å². The number of hydrogen-bond donors (Lipinski definition) is 1. The summed E-state index contributed by atoms with van der Waals surface area (Å²) in [7, 11) is -3.43. The summed E-state index contributed by atoms with van der Waals surface area (Å²) in [6, 6.07) is 5.98. The van der Waals surface area contributed by atoms with E-state index in [1.54, 1.807) is 12.1 Å². The molecule has 1 aromatic carbocycles. The number of nitrogens with one attached hydrogen (secondary N) is 1. The minimum Gasteiger partial charge on any atom is -0.383 e. The van der Waals surface area contributed by atoms with Crippen molar-refractivity contribution in [2.45, 2.75) is 26.1 Å². The molecular weight excluding hydrogens is 321 g/mol. The van der Waals surface area contributed by atoms with Crippen molar-refractivity contribution in [3.63, 3.8) is 0 Å². The predicted octanol–water partition coefficient (Wildman–Crippen LogP) is 1.55. The number of ether oxygens (including phenoxy) is 1. The van der Waals surface area contributed by atoms with Gasteiger partial charge in [-0.2, -0.15) is 9.57 Å². The largest absolute Gasteiger partial charge is 0.383 e. The van der Waals surface area contributed by atoms with Crippen LogP contribution in [0.4, 0.5) is 10.1 Å². The SMILES string of the molecule is C[C@@H]1CN(S(=O)(=O)CCNc2cccc(F)c2C#N)C[C@H](C)O1. The first kappa shape index (κ1) is 17.7. The standard InChI is InChI=1S/C15H20FN3O3S/c1-11-9-19(10-12(2)22-11)23(20,21)7-6-18-15-5-3-4-14(16)13(15)8-17/h3-5,11-12,18H,6-7,9-10H2,1-2H3/t11-,12+. The lowest BCUT2D eigenvalue weighted by molar-refractivity contribution is -0.0440. The lowest BCUT2D eigenvalue weighted by Gasteiger charge is -2.34. The molecule has 0 aliphatic carbocycles. The molecule has 0 unspecified atom stereocenters. The normalized spacial score (nSPS) is 22.5. The number of nitriles is 1. The molecule has 0 amide bonds. The Morgan fingerprint density at radius 2 is 2.04 bits per heavy atom. The fourth-order valence-corrected chi connectivity index (χ4v) is 4.08. The molecule has 2 atom stereocenters. The lowest BCUT2D eigenvalue weighted by atomic mass is 10.2. The average Bonchev–Trinajstić information content (AvgIpc) is 2.46. The lowest BCUT2D eigenvalue weighted by Crippen LogP contribution is -2.49. The number of anilines is 1. The molecule has 126 valence electrons. The molecule has 1 fully saturated rings. The number of hydrogen-bond acceptors (Lipinski definition) is 5. The van der Waals surface area contributed by atoms with Crippen molar-refractivity contribution < 1.29 is 17.5 Å². The third-order valence-corrected chi connectivity index (χ3v) is 5.39. The second-order valence-electron chi connectivity index (χ2n) is 5.59. The Balaban J connectivity index is 1.98. The van der Waals surface area contributed by atoms with Crippen LogP contribution < -0.4 is 5.32 Å². The summed E-state index contributed by atoms with van der Waals surface area (Å²) in [5.74, 6) is -0.760. The van der Waals surface area contributed by atoms with Crippen LogP contribution >= 0.6 is 0 Å². The van der Waals surface area contributed by atoms with Crippen molar-refractivity contribution in [2.24, 2.45) is 0 Å². The molecule has 0 bridgehead atoms. The van der Waals surface area contributed by atoms with Gasteiger partial charge in [-0.1, -0.05) is 6.07 Å². The molecule has 2 rings (SSSR count). The van der Waals surface area contributed by atoms with Gasteiger partial charge in [0.2, 0.25) is 10.0 Å². The molecule has 1 aliphatic heterocycles. The van der Waals surface area contributed by atoms with E-state index in [9.17, 15) is 12.8 Å². The summed E-state index contributed by atoms with van der Waals surface area (Å²) in [5, 5.41) is 11.8. The first-order valence-electron chi connectivity index (χ1n) is 7.39. The van der Waals surface area contributed by atoms with Crippen molar-refractivity contribution in [1.29, 1.82) is 5.26 Å². The van der Waals surface area contributed by atoms with Crippen LogP contribution in [-0.4, -0.2) is 50.3 Å². The van der Waals surface area contributed by atoms with Crippen molar-refractivity contribution in [2.75, 3.05) is 30.7 Å². The van der Waals surface area contributed by atoms with E-state index in [2.05, 4.69) is 5.32 Å². The van der Waals surface area contributed by atoms with Gasteiger partial charge in [0.15, 0.2) is 0 Å². The van der Waals surface area contributed by atoms with Crippen LogP contribution in [0.5, 0.6) is 0 Å². The molecular formula is C15H20FN3O3S. The minimum absolute atomic E-state index is 0.0978. The van der Waals surface area contributed by atoms with Crippen LogP contribution in [-0.2, 0) is 14.8 Å². The molecule has 1 N–H and O–H groups in total. The van der Waals surface area contributed by atoms with E-state index < -0.39 is 15.8 Å². The van der Waals surface area contributed by atoms with E-state index in [1.807, 2.05) is 13.8 Å².